The summed E-state index contributed by atoms with van der Waals surface area (Å²) in [6.45, 7) is 1.53. The van der Waals surface area contributed by atoms with Gasteiger partial charge in [0.2, 0.25) is 17.0 Å². The summed E-state index contributed by atoms with van der Waals surface area (Å²) in [5.74, 6) is 5.20. The van der Waals surface area contributed by atoms with Gasteiger partial charge in [0.15, 0.2) is 5.82 Å². The third-order valence-corrected chi connectivity index (χ3v) is 5.54. The Morgan fingerprint density at radius 1 is 1.12 bits per heavy atom. The molecule has 0 radical (unpaired) electrons. The summed E-state index contributed by atoms with van der Waals surface area (Å²) >= 11 is 1.03. The van der Waals surface area contributed by atoms with E-state index in [0.717, 1.165) is 39.9 Å². The van der Waals surface area contributed by atoms with Gasteiger partial charge in [-0.15, -0.1) is 10.2 Å². The SMILES string of the molecule is Cc1ccc(-c2nnc(SCC(=O)N(C)CC(=O)Nc3ccccc3C(F)(F)F)n2N)cc1. The van der Waals surface area contributed by atoms with Crippen molar-refractivity contribution in [3.05, 3.63) is 59.7 Å². The maximum absolute atomic E-state index is 13.1. The lowest BCUT2D eigenvalue weighted by Gasteiger charge is -2.18. The summed E-state index contributed by atoms with van der Waals surface area (Å²) in [7, 11) is 1.38. The number of nitrogens with two attached hydrogens (primary N) is 1. The molecule has 1 aromatic heterocycles. The molecule has 2 amide bonds. The number of benzene rings is 2. The fourth-order valence-corrected chi connectivity index (χ4v) is 3.64. The van der Waals surface area contributed by atoms with E-state index in [9.17, 15) is 22.8 Å². The number of thioether (sulfide) groups is 1. The van der Waals surface area contributed by atoms with Gasteiger partial charge in [-0.25, -0.2) is 4.68 Å². The first-order valence-electron chi connectivity index (χ1n) is 9.66. The number of carbonyl (C=O) groups is 2. The fourth-order valence-electron chi connectivity index (χ4n) is 2.84. The number of hydrogen-bond acceptors (Lipinski definition) is 6. The standard InChI is InChI=1S/C21H21F3N6O2S/c1-13-7-9-14(10-8-13)19-27-28-20(30(19)25)33-12-18(32)29(2)11-17(31)26-16-6-4-3-5-15(16)21(22,23)24/h3-10H,11-12,25H2,1-2H3,(H,26,31). The van der Waals surface area contributed by atoms with Crippen molar-refractivity contribution in [1.82, 2.24) is 19.8 Å². The number of nitrogens with zero attached hydrogens (tertiary/aromatic N) is 4. The van der Waals surface area contributed by atoms with Crippen molar-refractivity contribution in [1.29, 1.82) is 0 Å². The maximum atomic E-state index is 13.1. The lowest BCUT2D eigenvalue weighted by atomic mass is 10.1. The number of anilines is 1. The van der Waals surface area contributed by atoms with E-state index in [2.05, 4.69) is 15.5 Å². The second-order valence-electron chi connectivity index (χ2n) is 7.17. The third kappa shape index (κ3) is 6.04. The van der Waals surface area contributed by atoms with Gasteiger partial charge in [0, 0.05) is 12.6 Å². The van der Waals surface area contributed by atoms with Crippen LogP contribution < -0.4 is 11.2 Å². The Morgan fingerprint density at radius 3 is 2.45 bits per heavy atom. The van der Waals surface area contributed by atoms with Gasteiger partial charge < -0.3 is 16.1 Å². The molecule has 0 aliphatic heterocycles. The summed E-state index contributed by atoms with van der Waals surface area (Å²) in [6.07, 6.45) is -4.61. The molecule has 0 bridgehead atoms. The van der Waals surface area contributed by atoms with Gasteiger partial charge in [-0.1, -0.05) is 53.7 Å². The third-order valence-electron chi connectivity index (χ3n) is 4.61. The minimum atomic E-state index is -4.61. The molecule has 0 atom stereocenters. The number of aryl methyl sites for hydroxylation is 1. The van der Waals surface area contributed by atoms with Crippen LogP contribution in [0.15, 0.2) is 53.7 Å². The van der Waals surface area contributed by atoms with E-state index in [-0.39, 0.29) is 11.4 Å². The van der Waals surface area contributed by atoms with Crippen molar-refractivity contribution in [3.8, 4) is 11.4 Å². The Balaban J connectivity index is 1.56. The Bertz CT molecular complexity index is 1150. The van der Waals surface area contributed by atoms with Crippen LogP contribution in [0.25, 0.3) is 11.4 Å². The van der Waals surface area contributed by atoms with Crippen LogP contribution in [-0.4, -0.2) is 50.9 Å². The summed E-state index contributed by atoms with van der Waals surface area (Å²) in [5.41, 5.74) is 0.511. The highest BCUT2D eigenvalue weighted by Gasteiger charge is 2.33. The first-order valence-corrected chi connectivity index (χ1v) is 10.6. The highest BCUT2D eigenvalue weighted by molar-refractivity contribution is 7.99. The molecule has 3 rings (SSSR count). The van der Waals surface area contributed by atoms with E-state index in [1.165, 1.54) is 23.9 Å². The average molecular weight is 479 g/mol. The Kier molecular flexibility index (Phi) is 7.26. The van der Waals surface area contributed by atoms with Crippen LogP contribution in [0, 0.1) is 6.92 Å². The number of nitrogens with one attached hydrogen (secondary N) is 1. The van der Waals surface area contributed by atoms with Crippen molar-refractivity contribution in [3.63, 3.8) is 0 Å². The lowest BCUT2D eigenvalue weighted by molar-refractivity contribution is -0.137. The van der Waals surface area contributed by atoms with E-state index in [1.54, 1.807) is 0 Å². The summed E-state index contributed by atoms with van der Waals surface area (Å²) in [4.78, 5) is 25.7. The first-order chi connectivity index (χ1) is 15.6. The molecule has 2 aromatic carbocycles. The normalized spacial score (nSPS) is 11.3. The Hall–Kier alpha value is -3.54. The molecular formula is C21H21F3N6O2S. The average Bonchev–Trinajstić information content (AvgIpc) is 3.12. The Morgan fingerprint density at radius 2 is 1.79 bits per heavy atom. The van der Waals surface area contributed by atoms with Gasteiger partial charge in [0.1, 0.15) is 0 Å². The largest absolute Gasteiger partial charge is 0.418 e. The number of aromatic nitrogens is 3. The molecule has 33 heavy (non-hydrogen) atoms. The van der Waals surface area contributed by atoms with Crippen molar-refractivity contribution in [2.45, 2.75) is 18.3 Å². The predicted octanol–water partition coefficient (Wildman–Crippen LogP) is 3.18. The van der Waals surface area contributed by atoms with Gasteiger partial charge in [-0.2, -0.15) is 13.2 Å². The topological polar surface area (TPSA) is 106 Å². The van der Waals surface area contributed by atoms with Crippen LogP contribution in [0.1, 0.15) is 11.1 Å². The van der Waals surface area contributed by atoms with Gasteiger partial charge in [0.25, 0.3) is 0 Å². The van der Waals surface area contributed by atoms with E-state index in [1.807, 2.05) is 31.2 Å². The number of amides is 2. The summed E-state index contributed by atoms with van der Waals surface area (Å²) < 4.78 is 40.5. The number of likely N-dealkylation sites (N-methyl/N-ethyl adjacent to an activating group) is 1. The van der Waals surface area contributed by atoms with Gasteiger partial charge in [0.05, 0.1) is 23.5 Å². The highest BCUT2D eigenvalue weighted by Crippen LogP contribution is 2.34. The number of rotatable bonds is 7. The zero-order valence-electron chi connectivity index (χ0n) is 17.8. The van der Waals surface area contributed by atoms with Gasteiger partial charge >= 0.3 is 6.18 Å². The number of para-hydroxylation sites is 1. The zero-order valence-corrected chi connectivity index (χ0v) is 18.6. The maximum Gasteiger partial charge on any atom is 0.418 e. The van der Waals surface area contributed by atoms with E-state index in [4.69, 9.17) is 5.84 Å². The Labute approximate surface area is 191 Å². The molecule has 3 aromatic rings. The van der Waals surface area contributed by atoms with Gasteiger partial charge in [-0.3, -0.25) is 9.59 Å². The van der Waals surface area contributed by atoms with Crippen LogP contribution in [0.2, 0.25) is 0 Å². The molecule has 0 saturated carbocycles. The van der Waals surface area contributed by atoms with Crippen LogP contribution >= 0.6 is 11.8 Å². The van der Waals surface area contributed by atoms with Crippen molar-refractivity contribution >= 4 is 29.3 Å². The molecule has 12 heteroatoms. The number of nitrogen functional groups attached to an aromatic ring is 1. The number of halogens is 3. The van der Waals surface area contributed by atoms with E-state index in [0.29, 0.717) is 11.0 Å². The fraction of sp³-hybridized carbons (Fsp3) is 0.238. The number of hydrogen-bond donors (Lipinski definition) is 2. The quantitative estimate of drug-likeness (QED) is 0.399. The van der Waals surface area contributed by atoms with Crippen LogP contribution in [-0.2, 0) is 15.8 Å². The second-order valence-corrected chi connectivity index (χ2v) is 8.11. The smallest absolute Gasteiger partial charge is 0.336 e. The van der Waals surface area contributed by atoms with Crippen LogP contribution in [0.4, 0.5) is 18.9 Å². The van der Waals surface area contributed by atoms with Crippen molar-refractivity contribution in [2.75, 3.05) is 30.5 Å². The molecule has 0 spiro atoms. The van der Waals surface area contributed by atoms with Crippen LogP contribution in [0.5, 0.6) is 0 Å². The van der Waals surface area contributed by atoms with Crippen molar-refractivity contribution < 1.29 is 22.8 Å². The summed E-state index contributed by atoms with van der Waals surface area (Å²) in [5, 5.41) is 10.5. The minimum Gasteiger partial charge on any atom is -0.336 e. The molecule has 3 N–H and O–H groups in total. The van der Waals surface area contributed by atoms with E-state index < -0.39 is 30.1 Å². The first kappa shape index (κ1) is 24.1. The zero-order chi connectivity index (χ0) is 24.2. The molecule has 174 valence electrons. The van der Waals surface area contributed by atoms with Gasteiger partial charge in [-0.05, 0) is 19.1 Å². The second kappa shape index (κ2) is 9.94. The number of alkyl halides is 3. The molecule has 0 fully saturated rings. The molecule has 0 unspecified atom stereocenters. The highest BCUT2D eigenvalue weighted by atomic mass is 32.2. The predicted molar refractivity (Wildman–Crippen MR) is 119 cm³/mol. The molecule has 1 heterocycles. The number of carbonyl (C=O) groups excluding carboxylic acids is 2. The van der Waals surface area contributed by atoms with Crippen LogP contribution in [0.3, 0.4) is 0 Å². The molecule has 0 saturated heterocycles. The molecule has 8 nitrogen and oxygen atoms in total. The lowest BCUT2D eigenvalue weighted by Crippen LogP contribution is -2.36. The summed E-state index contributed by atoms with van der Waals surface area (Å²) in [6, 6.07) is 12.2. The molecular weight excluding hydrogens is 457 g/mol. The van der Waals surface area contributed by atoms with Crippen molar-refractivity contribution in [2.24, 2.45) is 0 Å². The molecule has 0 aliphatic carbocycles. The molecule has 0 aliphatic rings. The monoisotopic (exact) mass is 478 g/mol. The minimum absolute atomic E-state index is 0.0911. The van der Waals surface area contributed by atoms with E-state index >= 15 is 0 Å².